The Bertz CT molecular complexity index is 790. The Morgan fingerprint density at radius 3 is 2.58 bits per heavy atom. The number of anilines is 1. The second kappa shape index (κ2) is 6.65. The molecule has 0 radical (unpaired) electrons. The van der Waals surface area contributed by atoms with Crippen LogP contribution in [-0.4, -0.2) is 24.0 Å². The Kier molecular flexibility index (Phi) is 4.58. The highest BCUT2D eigenvalue weighted by atomic mass is 35.5. The summed E-state index contributed by atoms with van der Waals surface area (Å²) >= 11 is 6.00. The molecular weight excluding hydrogens is 326 g/mol. The Morgan fingerprint density at radius 1 is 1.17 bits per heavy atom. The number of benzene rings is 2. The smallest absolute Gasteiger partial charge is 0.340 e. The molecule has 0 fully saturated rings. The van der Waals surface area contributed by atoms with Gasteiger partial charge in [-0.3, -0.25) is 4.79 Å². The fourth-order valence-electron chi connectivity index (χ4n) is 3.00. The van der Waals surface area contributed by atoms with Crippen LogP contribution < -0.4 is 4.90 Å². The molecule has 2 atom stereocenters. The van der Waals surface area contributed by atoms with Crippen LogP contribution in [0.2, 0.25) is 5.02 Å². The highest BCUT2D eigenvalue weighted by molar-refractivity contribution is 6.33. The van der Waals surface area contributed by atoms with Gasteiger partial charge in [0.15, 0.2) is 6.10 Å². The molecule has 0 aliphatic carbocycles. The number of para-hydroxylation sites is 1. The molecular formula is C19H18ClNO3. The van der Waals surface area contributed by atoms with Crippen molar-refractivity contribution < 1.29 is 14.3 Å². The van der Waals surface area contributed by atoms with Gasteiger partial charge in [-0.15, -0.1) is 0 Å². The number of esters is 1. The first-order valence-corrected chi connectivity index (χ1v) is 8.23. The molecule has 0 spiro atoms. The molecule has 1 heterocycles. The minimum absolute atomic E-state index is 0.0383. The van der Waals surface area contributed by atoms with Gasteiger partial charge in [0.05, 0.1) is 10.6 Å². The summed E-state index contributed by atoms with van der Waals surface area (Å²) in [5.74, 6) is -0.825. The first kappa shape index (κ1) is 16.5. The normalized spacial score (nSPS) is 17.3. The second-order valence-corrected chi connectivity index (χ2v) is 6.32. The van der Waals surface area contributed by atoms with Crippen molar-refractivity contribution in [2.75, 3.05) is 4.90 Å². The third-order valence-electron chi connectivity index (χ3n) is 4.17. The molecule has 0 saturated heterocycles. The number of ether oxygens (including phenoxy) is 1. The molecule has 0 aromatic heterocycles. The van der Waals surface area contributed by atoms with E-state index < -0.39 is 12.1 Å². The fraction of sp³-hybridized carbons (Fsp3) is 0.263. The molecule has 2 aromatic rings. The quantitative estimate of drug-likeness (QED) is 0.795. The molecule has 0 N–H and O–H groups in total. The van der Waals surface area contributed by atoms with E-state index in [0.717, 1.165) is 17.7 Å². The van der Waals surface area contributed by atoms with Gasteiger partial charge < -0.3 is 9.64 Å². The van der Waals surface area contributed by atoms with Crippen LogP contribution in [0.3, 0.4) is 0 Å². The zero-order chi connectivity index (χ0) is 17.3. The van der Waals surface area contributed by atoms with E-state index in [9.17, 15) is 9.59 Å². The van der Waals surface area contributed by atoms with Gasteiger partial charge in [0, 0.05) is 11.7 Å². The SMILES string of the molecule is C[C@@H]1Cc2ccccc2N1C(=O)[C@@H](C)OC(=O)c1ccccc1Cl. The largest absolute Gasteiger partial charge is 0.449 e. The highest BCUT2D eigenvalue weighted by Gasteiger charge is 2.34. The summed E-state index contributed by atoms with van der Waals surface area (Å²) in [7, 11) is 0. The number of hydrogen-bond donors (Lipinski definition) is 0. The van der Waals surface area contributed by atoms with E-state index in [-0.39, 0.29) is 17.5 Å². The van der Waals surface area contributed by atoms with Crippen molar-refractivity contribution in [1.29, 1.82) is 0 Å². The lowest BCUT2D eigenvalue weighted by molar-refractivity contribution is -0.126. The van der Waals surface area contributed by atoms with Crippen LogP contribution in [-0.2, 0) is 16.0 Å². The van der Waals surface area contributed by atoms with E-state index in [1.807, 2.05) is 31.2 Å². The van der Waals surface area contributed by atoms with Crippen LogP contribution in [0.4, 0.5) is 5.69 Å². The summed E-state index contributed by atoms with van der Waals surface area (Å²) in [6, 6.07) is 14.5. The number of amides is 1. The molecule has 1 aliphatic rings. The lowest BCUT2D eigenvalue weighted by Gasteiger charge is -2.26. The van der Waals surface area contributed by atoms with Gasteiger partial charge in [-0.05, 0) is 44.0 Å². The fourth-order valence-corrected chi connectivity index (χ4v) is 3.21. The van der Waals surface area contributed by atoms with Crippen molar-refractivity contribution in [2.24, 2.45) is 0 Å². The molecule has 3 rings (SSSR count). The number of fused-ring (bicyclic) bond motifs is 1. The maximum atomic E-state index is 12.8. The van der Waals surface area contributed by atoms with Gasteiger partial charge >= 0.3 is 5.97 Å². The molecule has 0 bridgehead atoms. The Hall–Kier alpha value is -2.33. The van der Waals surface area contributed by atoms with Crippen molar-refractivity contribution in [3.05, 3.63) is 64.7 Å². The predicted molar refractivity (Wildman–Crippen MR) is 93.4 cm³/mol. The summed E-state index contributed by atoms with van der Waals surface area (Å²) < 4.78 is 5.34. The second-order valence-electron chi connectivity index (χ2n) is 5.92. The molecule has 124 valence electrons. The maximum absolute atomic E-state index is 12.8. The average molecular weight is 344 g/mol. The molecule has 2 aromatic carbocycles. The van der Waals surface area contributed by atoms with E-state index in [1.54, 1.807) is 36.1 Å². The summed E-state index contributed by atoms with van der Waals surface area (Å²) in [5.41, 5.74) is 2.27. The number of carbonyl (C=O) groups excluding carboxylic acids is 2. The number of rotatable bonds is 3. The zero-order valence-corrected chi connectivity index (χ0v) is 14.3. The zero-order valence-electron chi connectivity index (χ0n) is 13.5. The molecule has 4 nitrogen and oxygen atoms in total. The topological polar surface area (TPSA) is 46.6 Å². The minimum atomic E-state index is -0.887. The van der Waals surface area contributed by atoms with Crippen LogP contribution in [0.5, 0.6) is 0 Å². The molecule has 0 saturated carbocycles. The average Bonchev–Trinajstić information content (AvgIpc) is 2.90. The molecule has 1 aliphatic heterocycles. The first-order valence-electron chi connectivity index (χ1n) is 7.85. The Morgan fingerprint density at radius 2 is 1.83 bits per heavy atom. The standard InChI is InChI=1S/C19H18ClNO3/c1-12-11-14-7-3-6-10-17(14)21(12)18(22)13(2)24-19(23)15-8-4-5-9-16(15)20/h3-10,12-13H,11H2,1-2H3/t12-,13-/m1/s1. The highest BCUT2D eigenvalue weighted by Crippen LogP contribution is 2.32. The number of halogens is 1. The van der Waals surface area contributed by atoms with Gasteiger partial charge in [-0.2, -0.15) is 0 Å². The van der Waals surface area contributed by atoms with Crippen molar-refractivity contribution >= 4 is 29.2 Å². The number of carbonyl (C=O) groups is 2. The minimum Gasteiger partial charge on any atom is -0.449 e. The molecule has 5 heteroatoms. The lowest BCUT2D eigenvalue weighted by Crippen LogP contribution is -2.43. The van der Waals surface area contributed by atoms with Crippen molar-refractivity contribution in [3.63, 3.8) is 0 Å². The predicted octanol–water partition coefficient (Wildman–Crippen LogP) is 3.86. The number of nitrogens with zero attached hydrogens (tertiary/aromatic N) is 1. The van der Waals surface area contributed by atoms with Gasteiger partial charge in [0.2, 0.25) is 0 Å². The summed E-state index contributed by atoms with van der Waals surface area (Å²) in [5, 5.41) is 0.307. The van der Waals surface area contributed by atoms with Crippen LogP contribution >= 0.6 is 11.6 Å². The van der Waals surface area contributed by atoms with Gasteiger partial charge in [-0.1, -0.05) is 41.9 Å². The molecule has 24 heavy (non-hydrogen) atoms. The van der Waals surface area contributed by atoms with Crippen LogP contribution in [0.15, 0.2) is 48.5 Å². The molecule has 0 unspecified atom stereocenters. The van der Waals surface area contributed by atoms with Gasteiger partial charge in [-0.25, -0.2) is 4.79 Å². The summed E-state index contributed by atoms with van der Waals surface area (Å²) in [4.78, 5) is 26.7. The summed E-state index contributed by atoms with van der Waals surface area (Å²) in [6.45, 7) is 3.57. The van der Waals surface area contributed by atoms with Crippen molar-refractivity contribution in [2.45, 2.75) is 32.4 Å². The van der Waals surface area contributed by atoms with Crippen molar-refractivity contribution in [3.8, 4) is 0 Å². The Labute approximate surface area is 146 Å². The van der Waals surface area contributed by atoms with Crippen LogP contribution in [0.25, 0.3) is 0 Å². The van der Waals surface area contributed by atoms with Gasteiger partial charge in [0.25, 0.3) is 5.91 Å². The van der Waals surface area contributed by atoms with Gasteiger partial charge in [0.1, 0.15) is 0 Å². The van der Waals surface area contributed by atoms with Crippen LogP contribution in [0, 0.1) is 0 Å². The van der Waals surface area contributed by atoms with E-state index in [0.29, 0.717) is 5.02 Å². The van der Waals surface area contributed by atoms with Crippen molar-refractivity contribution in [1.82, 2.24) is 0 Å². The van der Waals surface area contributed by atoms with E-state index in [2.05, 4.69) is 0 Å². The first-order chi connectivity index (χ1) is 11.5. The Balaban J connectivity index is 1.76. The lowest BCUT2D eigenvalue weighted by atomic mass is 10.1. The maximum Gasteiger partial charge on any atom is 0.340 e. The monoisotopic (exact) mass is 343 g/mol. The molecule has 1 amide bonds. The van der Waals surface area contributed by atoms with E-state index >= 15 is 0 Å². The van der Waals surface area contributed by atoms with E-state index in [1.165, 1.54) is 0 Å². The summed E-state index contributed by atoms with van der Waals surface area (Å²) in [6.07, 6.45) is -0.0880. The third kappa shape index (κ3) is 3.02. The van der Waals surface area contributed by atoms with E-state index in [4.69, 9.17) is 16.3 Å². The van der Waals surface area contributed by atoms with Crippen LogP contribution in [0.1, 0.15) is 29.8 Å². The number of hydrogen-bond acceptors (Lipinski definition) is 3. The third-order valence-corrected chi connectivity index (χ3v) is 4.50.